The summed E-state index contributed by atoms with van der Waals surface area (Å²) in [7, 11) is 0. The van der Waals surface area contributed by atoms with Gasteiger partial charge in [0.2, 0.25) is 0 Å². The largest absolute Gasteiger partial charge is 0.260 e. The van der Waals surface area contributed by atoms with Gasteiger partial charge in [0.1, 0.15) is 0 Å². The van der Waals surface area contributed by atoms with E-state index in [2.05, 4.69) is 64.9 Å². The zero-order chi connectivity index (χ0) is 13.0. The van der Waals surface area contributed by atoms with Crippen LogP contribution in [0.1, 0.15) is 31.4 Å². The number of halogens is 3. The van der Waals surface area contributed by atoms with Crippen LogP contribution in [-0.2, 0) is 6.42 Å². The Labute approximate surface area is 135 Å². The Balaban J connectivity index is 2.16. The Bertz CT molecular complexity index is 367. The van der Waals surface area contributed by atoms with E-state index >= 15 is 0 Å². The number of aromatic nitrogens is 1. The van der Waals surface area contributed by atoms with Crippen LogP contribution in [0.4, 0.5) is 0 Å². The fourth-order valence-corrected chi connectivity index (χ4v) is 5.38. The molecule has 1 saturated carbocycles. The van der Waals surface area contributed by atoms with Gasteiger partial charge in [-0.1, -0.05) is 44.7 Å². The first kappa shape index (κ1) is 15.0. The van der Waals surface area contributed by atoms with Gasteiger partial charge >= 0.3 is 0 Å². The second-order valence-corrected chi connectivity index (χ2v) is 7.29. The maximum Gasteiger partial charge on any atom is 0.0413 e. The van der Waals surface area contributed by atoms with Crippen LogP contribution in [0.2, 0.25) is 0 Å². The molecule has 2 rings (SSSR count). The average molecular weight is 440 g/mol. The number of rotatable bonds is 5. The van der Waals surface area contributed by atoms with Crippen LogP contribution in [0.15, 0.2) is 22.8 Å². The summed E-state index contributed by atoms with van der Waals surface area (Å²) in [6, 6.07) is 4.23. The zero-order valence-corrected chi connectivity index (χ0v) is 15.1. The van der Waals surface area contributed by atoms with Gasteiger partial charge in [-0.25, -0.2) is 0 Å². The quantitative estimate of drug-likeness (QED) is 0.563. The van der Waals surface area contributed by atoms with Gasteiger partial charge in [0.05, 0.1) is 0 Å². The van der Waals surface area contributed by atoms with E-state index in [1.807, 2.05) is 6.20 Å². The monoisotopic (exact) mass is 437 g/mol. The lowest BCUT2D eigenvalue weighted by Crippen LogP contribution is -2.35. The fourth-order valence-electron chi connectivity index (χ4n) is 2.90. The van der Waals surface area contributed by atoms with Gasteiger partial charge in [0.25, 0.3) is 0 Å². The van der Waals surface area contributed by atoms with E-state index in [0.29, 0.717) is 5.41 Å². The summed E-state index contributed by atoms with van der Waals surface area (Å²) in [5, 5.41) is 2.10. The molecule has 100 valence electrons. The van der Waals surface area contributed by atoms with E-state index < -0.39 is 0 Å². The topological polar surface area (TPSA) is 12.9 Å². The number of nitrogens with zero attached hydrogens (tertiary/aromatic N) is 1. The van der Waals surface area contributed by atoms with Crippen LogP contribution in [0.25, 0.3) is 0 Å². The first-order chi connectivity index (χ1) is 8.70. The third-order valence-electron chi connectivity index (χ3n) is 4.08. The van der Waals surface area contributed by atoms with Gasteiger partial charge in [0.15, 0.2) is 0 Å². The number of pyridine rings is 1. The molecule has 4 heteroatoms. The molecule has 0 spiro atoms. The molecule has 0 radical (unpaired) electrons. The summed E-state index contributed by atoms with van der Waals surface area (Å²) in [6.45, 7) is 0. The van der Waals surface area contributed by atoms with Crippen molar-refractivity contribution in [1.82, 2.24) is 4.98 Å². The Morgan fingerprint density at radius 1 is 1.17 bits per heavy atom. The molecule has 1 aliphatic rings. The van der Waals surface area contributed by atoms with Crippen molar-refractivity contribution < 1.29 is 0 Å². The maximum atomic E-state index is 4.54. The molecule has 1 nitrogen and oxygen atoms in total. The molecule has 0 aromatic carbocycles. The molecule has 0 bridgehead atoms. The SMILES string of the molecule is BrCC(CBr)(Cc1ccc(Br)cn1)C1CCCC1. The molecule has 0 unspecified atom stereocenters. The Morgan fingerprint density at radius 2 is 1.83 bits per heavy atom. The second-order valence-electron chi connectivity index (χ2n) is 5.26. The molecule has 0 atom stereocenters. The number of hydrogen-bond donors (Lipinski definition) is 0. The molecule has 1 aliphatic carbocycles. The van der Waals surface area contributed by atoms with Crippen molar-refractivity contribution in [3.05, 3.63) is 28.5 Å². The standard InChI is InChI=1S/C14H18Br3N/c15-9-14(10-16,11-3-1-2-4-11)7-13-6-5-12(17)8-18-13/h5-6,8,11H,1-4,7,9-10H2. The lowest BCUT2D eigenvalue weighted by molar-refractivity contribution is 0.231. The molecule has 0 saturated heterocycles. The van der Waals surface area contributed by atoms with E-state index in [9.17, 15) is 0 Å². The van der Waals surface area contributed by atoms with Gasteiger partial charge in [0, 0.05) is 27.0 Å². The van der Waals surface area contributed by atoms with Crippen molar-refractivity contribution >= 4 is 47.8 Å². The molecule has 1 fully saturated rings. The lowest BCUT2D eigenvalue weighted by Gasteiger charge is -2.36. The molecule has 1 heterocycles. The van der Waals surface area contributed by atoms with Crippen LogP contribution >= 0.6 is 47.8 Å². The molecule has 18 heavy (non-hydrogen) atoms. The first-order valence-electron chi connectivity index (χ1n) is 6.42. The van der Waals surface area contributed by atoms with Crippen molar-refractivity contribution in [3.8, 4) is 0 Å². The summed E-state index contributed by atoms with van der Waals surface area (Å²) in [5.41, 5.74) is 1.51. The van der Waals surface area contributed by atoms with Crippen molar-refractivity contribution in [2.45, 2.75) is 32.1 Å². The predicted octanol–water partition coefficient (Wildman–Crippen LogP) is 5.35. The van der Waals surface area contributed by atoms with Crippen LogP contribution in [0.3, 0.4) is 0 Å². The van der Waals surface area contributed by atoms with Gasteiger partial charge in [-0.3, -0.25) is 4.98 Å². The van der Waals surface area contributed by atoms with Gasteiger partial charge in [-0.2, -0.15) is 0 Å². The van der Waals surface area contributed by atoms with Crippen LogP contribution < -0.4 is 0 Å². The fraction of sp³-hybridized carbons (Fsp3) is 0.643. The molecule has 0 N–H and O–H groups in total. The van der Waals surface area contributed by atoms with Crippen LogP contribution in [0, 0.1) is 11.3 Å². The highest BCUT2D eigenvalue weighted by Crippen LogP contribution is 2.44. The highest BCUT2D eigenvalue weighted by Gasteiger charge is 2.38. The van der Waals surface area contributed by atoms with E-state index in [0.717, 1.165) is 27.5 Å². The Morgan fingerprint density at radius 3 is 2.33 bits per heavy atom. The maximum absolute atomic E-state index is 4.54. The summed E-state index contributed by atoms with van der Waals surface area (Å²) in [6.07, 6.45) is 8.47. The van der Waals surface area contributed by atoms with Crippen molar-refractivity contribution in [2.24, 2.45) is 11.3 Å². The lowest BCUT2D eigenvalue weighted by atomic mass is 9.74. The van der Waals surface area contributed by atoms with Crippen molar-refractivity contribution in [1.29, 1.82) is 0 Å². The average Bonchev–Trinajstić information content (AvgIpc) is 2.93. The molecular formula is C14H18Br3N. The van der Waals surface area contributed by atoms with Crippen LogP contribution in [-0.4, -0.2) is 15.6 Å². The first-order valence-corrected chi connectivity index (χ1v) is 9.46. The molecule has 1 aromatic rings. The van der Waals surface area contributed by atoms with E-state index in [-0.39, 0.29) is 0 Å². The van der Waals surface area contributed by atoms with Crippen molar-refractivity contribution in [2.75, 3.05) is 10.7 Å². The highest BCUT2D eigenvalue weighted by atomic mass is 79.9. The second kappa shape index (κ2) is 6.85. The van der Waals surface area contributed by atoms with E-state index in [1.165, 1.54) is 31.4 Å². The minimum absolute atomic E-state index is 0.317. The van der Waals surface area contributed by atoms with Gasteiger partial charge in [-0.05, 0) is 58.7 Å². The molecular weight excluding hydrogens is 422 g/mol. The Kier molecular flexibility index (Phi) is 5.70. The molecule has 0 aliphatic heterocycles. The summed E-state index contributed by atoms with van der Waals surface area (Å²) in [5.74, 6) is 0.821. The number of hydrogen-bond acceptors (Lipinski definition) is 1. The summed E-state index contributed by atoms with van der Waals surface area (Å²) in [4.78, 5) is 4.54. The third-order valence-corrected chi connectivity index (χ3v) is 6.78. The predicted molar refractivity (Wildman–Crippen MR) is 87.6 cm³/mol. The molecule has 1 aromatic heterocycles. The van der Waals surface area contributed by atoms with E-state index in [4.69, 9.17) is 0 Å². The van der Waals surface area contributed by atoms with Gasteiger partial charge in [-0.15, -0.1) is 0 Å². The van der Waals surface area contributed by atoms with E-state index in [1.54, 1.807) is 0 Å². The van der Waals surface area contributed by atoms with Crippen LogP contribution in [0.5, 0.6) is 0 Å². The third kappa shape index (κ3) is 3.37. The minimum atomic E-state index is 0.317. The van der Waals surface area contributed by atoms with Crippen molar-refractivity contribution in [3.63, 3.8) is 0 Å². The Hall–Kier alpha value is 0.590. The smallest absolute Gasteiger partial charge is 0.0413 e. The highest BCUT2D eigenvalue weighted by molar-refractivity contribution is 9.10. The zero-order valence-electron chi connectivity index (χ0n) is 10.3. The van der Waals surface area contributed by atoms with Gasteiger partial charge < -0.3 is 0 Å². The summed E-state index contributed by atoms with van der Waals surface area (Å²) < 4.78 is 1.05. The summed E-state index contributed by atoms with van der Waals surface area (Å²) >= 11 is 10.9. The minimum Gasteiger partial charge on any atom is -0.260 e. The number of alkyl halides is 2. The molecule has 0 amide bonds. The normalized spacial score (nSPS) is 17.3.